The Hall–Kier alpha value is -0.740. The fraction of sp³-hybridized carbons (Fsp3) is 0.583. The lowest BCUT2D eigenvalue weighted by molar-refractivity contribution is 0.577. The smallest absolute Gasteiger partial charge is 0.130 e. The Morgan fingerprint density at radius 2 is 2.38 bits per heavy atom. The maximum absolute atomic E-state index is 4.69. The van der Waals surface area contributed by atoms with Gasteiger partial charge in [0.05, 0.1) is 5.03 Å². The summed E-state index contributed by atoms with van der Waals surface area (Å²) in [5, 5.41) is 4.60. The van der Waals surface area contributed by atoms with Crippen molar-refractivity contribution in [1.82, 2.24) is 10.3 Å². The van der Waals surface area contributed by atoms with Gasteiger partial charge >= 0.3 is 0 Å². The van der Waals surface area contributed by atoms with Gasteiger partial charge in [-0.2, -0.15) is 0 Å². The van der Waals surface area contributed by atoms with Crippen LogP contribution in [0.1, 0.15) is 6.42 Å². The average Bonchev–Trinajstić information content (AvgIpc) is 2.90. The lowest BCUT2D eigenvalue weighted by Crippen LogP contribution is -2.34. The molecule has 2 saturated heterocycles. The highest BCUT2D eigenvalue weighted by Crippen LogP contribution is 2.31. The van der Waals surface area contributed by atoms with Crippen molar-refractivity contribution >= 4 is 17.6 Å². The molecule has 86 valence electrons. The largest absolute Gasteiger partial charge is 0.352 e. The number of hydrogen-bond donors (Lipinski definition) is 1. The van der Waals surface area contributed by atoms with E-state index < -0.39 is 0 Å². The zero-order chi connectivity index (χ0) is 11.0. The summed E-state index contributed by atoms with van der Waals surface area (Å²) in [5.41, 5.74) is 0. The molecule has 2 atom stereocenters. The highest BCUT2D eigenvalue weighted by molar-refractivity contribution is 7.98. The van der Waals surface area contributed by atoms with Crippen LogP contribution in [-0.4, -0.2) is 36.9 Å². The van der Waals surface area contributed by atoms with Crippen LogP contribution < -0.4 is 10.2 Å². The molecule has 0 bridgehead atoms. The van der Waals surface area contributed by atoms with Crippen LogP contribution in [0.5, 0.6) is 0 Å². The van der Waals surface area contributed by atoms with Gasteiger partial charge in [0.15, 0.2) is 0 Å². The maximum atomic E-state index is 4.69. The molecule has 0 aromatic carbocycles. The first-order valence-electron chi connectivity index (χ1n) is 5.87. The molecule has 3 nitrogen and oxygen atoms in total. The number of hydrogen-bond acceptors (Lipinski definition) is 4. The Balaban J connectivity index is 1.86. The van der Waals surface area contributed by atoms with E-state index in [0.717, 1.165) is 23.3 Å². The maximum Gasteiger partial charge on any atom is 0.130 e. The van der Waals surface area contributed by atoms with Crippen LogP contribution in [0, 0.1) is 5.92 Å². The molecule has 4 heteroatoms. The molecule has 1 aromatic rings. The van der Waals surface area contributed by atoms with Gasteiger partial charge in [0.2, 0.25) is 0 Å². The van der Waals surface area contributed by atoms with Crippen molar-refractivity contribution < 1.29 is 0 Å². The fourth-order valence-electron chi connectivity index (χ4n) is 2.81. The molecule has 3 rings (SSSR count). The highest BCUT2D eigenvalue weighted by Gasteiger charge is 2.37. The molecule has 1 aromatic heterocycles. The van der Waals surface area contributed by atoms with Gasteiger partial charge in [-0.25, -0.2) is 4.98 Å². The van der Waals surface area contributed by atoms with Gasteiger partial charge in [-0.05, 0) is 30.7 Å². The molecule has 2 aliphatic rings. The molecule has 0 spiro atoms. The van der Waals surface area contributed by atoms with Crippen LogP contribution in [0.25, 0.3) is 0 Å². The van der Waals surface area contributed by atoms with Crippen LogP contribution in [0.2, 0.25) is 0 Å². The Bertz CT molecular complexity index is 382. The van der Waals surface area contributed by atoms with Crippen molar-refractivity contribution in [3.05, 3.63) is 18.2 Å². The van der Waals surface area contributed by atoms with Crippen LogP contribution in [0.15, 0.2) is 23.2 Å². The summed E-state index contributed by atoms with van der Waals surface area (Å²) in [6.07, 6.45) is 3.39. The molecule has 2 fully saturated rings. The summed E-state index contributed by atoms with van der Waals surface area (Å²) in [4.78, 5) is 7.17. The van der Waals surface area contributed by atoms with E-state index in [-0.39, 0.29) is 0 Å². The highest BCUT2D eigenvalue weighted by atomic mass is 32.2. The number of thioether (sulfide) groups is 1. The van der Waals surface area contributed by atoms with Gasteiger partial charge in [0, 0.05) is 25.7 Å². The fourth-order valence-corrected chi connectivity index (χ4v) is 3.21. The van der Waals surface area contributed by atoms with Crippen LogP contribution >= 0.6 is 11.8 Å². The van der Waals surface area contributed by atoms with E-state index in [9.17, 15) is 0 Å². The Kier molecular flexibility index (Phi) is 2.77. The van der Waals surface area contributed by atoms with Crippen LogP contribution in [-0.2, 0) is 0 Å². The number of anilines is 1. The Morgan fingerprint density at radius 1 is 1.44 bits per heavy atom. The van der Waals surface area contributed by atoms with Crippen LogP contribution in [0.4, 0.5) is 5.82 Å². The zero-order valence-corrected chi connectivity index (χ0v) is 10.3. The standard InChI is InChI=1S/C12H17N3S/c1-16-12-4-2-3-11(14-12)15-6-5-9-7-13-8-10(9)15/h2-4,9-10,13H,5-8H2,1H3/t9-,10+/m1/s1. The monoisotopic (exact) mass is 235 g/mol. The van der Waals surface area contributed by atoms with E-state index in [1.54, 1.807) is 11.8 Å². The van der Waals surface area contributed by atoms with Crippen molar-refractivity contribution in [2.75, 3.05) is 30.8 Å². The first-order chi connectivity index (χ1) is 7.88. The predicted molar refractivity (Wildman–Crippen MR) is 68.1 cm³/mol. The topological polar surface area (TPSA) is 28.2 Å². The minimum Gasteiger partial charge on any atom is -0.352 e. The number of aromatic nitrogens is 1. The first-order valence-corrected chi connectivity index (χ1v) is 7.09. The number of fused-ring (bicyclic) bond motifs is 1. The normalized spacial score (nSPS) is 28.4. The minimum atomic E-state index is 0.671. The van der Waals surface area contributed by atoms with Gasteiger partial charge < -0.3 is 10.2 Å². The molecule has 0 radical (unpaired) electrons. The van der Waals surface area contributed by atoms with Gasteiger partial charge in [0.25, 0.3) is 0 Å². The van der Waals surface area contributed by atoms with Crippen molar-refractivity contribution in [2.24, 2.45) is 5.92 Å². The van der Waals surface area contributed by atoms with Crippen molar-refractivity contribution in [3.63, 3.8) is 0 Å². The summed E-state index contributed by atoms with van der Waals surface area (Å²) in [6, 6.07) is 7.00. The molecule has 3 heterocycles. The molecule has 0 unspecified atom stereocenters. The van der Waals surface area contributed by atoms with Gasteiger partial charge in [-0.15, -0.1) is 11.8 Å². The lowest BCUT2D eigenvalue weighted by atomic mass is 10.1. The van der Waals surface area contributed by atoms with Crippen molar-refractivity contribution in [2.45, 2.75) is 17.5 Å². The van der Waals surface area contributed by atoms with Crippen molar-refractivity contribution in [3.8, 4) is 0 Å². The van der Waals surface area contributed by atoms with Gasteiger partial charge in [0.1, 0.15) is 5.82 Å². The summed E-state index contributed by atoms with van der Waals surface area (Å²) in [7, 11) is 0. The Labute approximate surface area is 101 Å². The van der Waals surface area contributed by atoms with E-state index in [2.05, 4.69) is 34.7 Å². The predicted octanol–water partition coefficient (Wildman–Crippen LogP) is 1.60. The average molecular weight is 235 g/mol. The van der Waals surface area contributed by atoms with Crippen LogP contribution in [0.3, 0.4) is 0 Å². The second-order valence-corrected chi connectivity index (χ2v) is 5.33. The molecule has 0 saturated carbocycles. The lowest BCUT2D eigenvalue weighted by Gasteiger charge is -2.24. The molecular weight excluding hydrogens is 218 g/mol. The third-order valence-electron chi connectivity index (χ3n) is 3.66. The van der Waals surface area contributed by atoms with E-state index >= 15 is 0 Å². The second-order valence-electron chi connectivity index (χ2n) is 4.51. The third kappa shape index (κ3) is 1.70. The third-order valence-corrected chi connectivity index (χ3v) is 4.30. The van der Waals surface area contributed by atoms with E-state index in [1.165, 1.54) is 19.5 Å². The summed E-state index contributed by atoms with van der Waals surface area (Å²) in [5.74, 6) is 1.99. The van der Waals surface area contributed by atoms with Crippen molar-refractivity contribution in [1.29, 1.82) is 0 Å². The van der Waals surface area contributed by atoms with Gasteiger partial charge in [-0.1, -0.05) is 6.07 Å². The molecule has 0 aliphatic carbocycles. The number of nitrogens with one attached hydrogen (secondary N) is 1. The van der Waals surface area contributed by atoms with E-state index in [4.69, 9.17) is 4.98 Å². The molecule has 0 amide bonds. The summed E-state index contributed by atoms with van der Waals surface area (Å²) < 4.78 is 0. The zero-order valence-electron chi connectivity index (χ0n) is 9.52. The molecule has 16 heavy (non-hydrogen) atoms. The number of nitrogens with zero attached hydrogens (tertiary/aromatic N) is 2. The summed E-state index contributed by atoms with van der Waals surface area (Å²) in [6.45, 7) is 3.47. The second kappa shape index (κ2) is 4.26. The van der Waals surface area contributed by atoms with E-state index in [1.807, 2.05) is 0 Å². The number of pyridine rings is 1. The SMILES string of the molecule is CSc1cccc(N2CC[C@@H]3CNC[C@@H]32)n1. The number of rotatable bonds is 2. The molecule has 1 N–H and O–H groups in total. The summed E-state index contributed by atoms with van der Waals surface area (Å²) >= 11 is 1.71. The Morgan fingerprint density at radius 3 is 3.25 bits per heavy atom. The van der Waals surface area contributed by atoms with Gasteiger partial charge in [-0.3, -0.25) is 0 Å². The molecular formula is C12H17N3S. The quantitative estimate of drug-likeness (QED) is 0.788. The van der Waals surface area contributed by atoms with E-state index in [0.29, 0.717) is 6.04 Å². The minimum absolute atomic E-state index is 0.671. The molecule has 2 aliphatic heterocycles. The first kappa shape index (κ1) is 10.4.